The van der Waals surface area contributed by atoms with Gasteiger partial charge in [-0.2, -0.15) is 5.10 Å². The van der Waals surface area contributed by atoms with E-state index < -0.39 is 0 Å². The molecule has 0 saturated carbocycles. The average molecular weight is 412 g/mol. The van der Waals surface area contributed by atoms with Gasteiger partial charge in [-0.15, -0.1) is 12.4 Å². The standard InChI is InChI=1S/C18H22ClN5O2.ClH/c1-26-16-3-2-11(19)8-15(16)24-7-5-12(10-24)21-18(25)17-13-9-20-6-4-14(13)22-23-17;/h2-3,8,12,20H,4-7,9-10H2,1H3,(H,21,25)(H,22,23);1H. The van der Waals surface area contributed by atoms with E-state index in [1.54, 1.807) is 7.11 Å². The van der Waals surface area contributed by atoms with Crippen LogP contribution in [0.1, 0.15) is 28.2 Å². The van der Waals surface area contributed by atoms with Gasteiger partial charge in [-0.05, 0) is 24.6 Å². The number of amides is 1. The van der Waals surface area contributed by atoms with E-state index in [-0.39, 0.29) is 24.4 Å². The third kappa shape index (κ3) is 4.00. The summed E-state index contributed by atoms with van der Waals surface area (Å²) in [5, 5.41) is 14.3. The lowest BCUT2D eigenvalue weighted by atomic mass is 10.1. The van der Waals surface area contributed by atoms with Gasteiger partial charge in [0.05, 0.1) is 12.8 Å². The van der Waals surface area contributed by atoms with E-state index in [1.165, 1.54) is 0 Å². The number of nitrogens with zero attached hydrogens (tertiary/aromatic N) is 2. The van der Waals surface area contributed by atoms with Gasteiger partial charge in [0.1, 0.15) is 5.75 Å². The molecular weight excluding hydrogens is 389 g/mol. The van der Waals surface area contributed by atoms with Crippen LogP contribution in [-0.4, -0.2) is 48.9 Å². The van der Waals surface area contributed by atoms with Crippen molar-refractivity contribution in [1.29, 1.82) is 0 Å². The maximum atomic E-state index is 12.7. The largest absolute Gasteiger partial charge is 0.495 e. The van der Waals surface area contributed by atoms with Crippen molar-refractivity contribution in [3.05, 3.63) is 40.2 Å². The Morgan fingerprint density at radius 1 is 1.44 bits per heavy atom. The van der Waals surface area contributed by atoms with Gasteiger partial charge in [0.2, 0.25) is 0 Å². The second-order valence-electron chi connectivity index (χ2n) is 6.68. The van der Waals surface area contributed by atoms with Crippen LogP contribution in [0.25, 0.3) is 0 Å². The van der Waals surface area contributed by atoms with Gasteiger partial charge in [0.15, 0.2) is 5.69 Å². The number of benzene rings is 1. The number of methoxy groups -OCH3 is 1. The second kappa shape index (κ2) is 8.37. The summed E-state index contributed by atoms with van der Waals surface area (Å²) in [5.41, 5.74) is 3.51. The molecule has 2 aromatic rings. The Morgan fingerprint density at radius 2 is 2.30 bits per heavy atom. The van der Waals surface area contributed by atoms with Crippen molar-refractivity contribution in [1.82, 2.24) is 20.8 Å². The number of ether oxygens (including phenoxy) is 1. The second-order valence-corrected chi connectivity index (χ2v) is 7.11. The molecular formula is C18H23Cl2N5O2. The quantitative estimate of drug-likeness (QED) is 0.717. The Bertz CT molecular complexity index is 826. The molecule has 2 aliphatic heterocycles. The number of H-pyrrole nitrogens is 1. The van der Waals surface area contributed by atoms with Gasteiger partial charge >= 0.3 is 0 Å². The van der Waals surface area contributed by atoms with Crippen LogP contribution in [-0.2, 0) is 13.0 Å². The Hall–Kier alpha value is -1.96. The van der Waals surface area contributed by atoms with Crippen molar-refractivity contribution in [2.24, 2.45) is 0 Å². The number of hydrogen-bond donors (Lipinski definition) is 3. The van der Waals surface area contributed by atoms with Crippen LogP contribution < -0.4 is 20.3 Å². The zero-order valence-corrected chi connectivity index (χ0v) is 16.6. The summed E-state index contributed by atoms with van der Waals surface area (Å²) in [5.74, 6) is 0.671. The average Bonchev–Trinajstić information content (AvgIpc) is 3.28. The highest BCUT2D eigenvalue weighted by Gasteiger charge is 2.28. The van der Waals surface area contributed by atoms with Crippen LogP contribution >= 0.6 is 24.0 Å². The van der Waals surface area contributed by atoms with E-state index in [2.05, 4.69) is 25.7 Å². The highest BCUT2D eigenvalue weighted by atomic mass is 35.5. The van der Waals surface area contributed by atoms with Crippen LogP contribution in [0, 0.1) is 0 Å². The summed E-state index contributed by atoms with van der Waals surface area (Å²) in [6.45, 7) is 3.15. The number of aromatic amines is 1. The molecule has 1 atom stereocenters. The lowest BCUT2D eigenvalue weighted by Gasteiger charge is -2.21. The number of carbonyl (C=O) groups is 1. The predicted octanol–water partition coefficient (Wildman–Crippen LogP) is 2.15. The number of anilines is 1. The fourth-order valence-corrected chi connectivity index (χ4v) is 3.84. The molecule has 2 aliphatic rings. The lowest BCUT2D eigenvalue weighted by molar-refractivity contribution is 0.0934. The molecule has 1 unspecified atom stereocenters. The number of fused-ring (bicyclic) bond motifs is 1. The number of hydrogen-bond acceptors (Lipinski definition) is 5. The van der Waals surface area contributed by atoms with Crippen LogP contribution in [0.4, 0.5) is 5.69 Å². The Morgan fingerprint density at radius 3 is 3.11 bits per heavy atom. The summed E-state index contributed by atoms with van der Waals surface area (Å²) in [6, 6.07) is 5.65. The van der Waals surface area contributed by atoms with E-state index in [1.807, 2.05) is 18.2 Å². The topological polar surface area (TPSA) is 82.3 Å². The van der Waals surface area contributed by atoms with E-state index in [4.69, 9.17) is 16.3 Å². The zero-order chi connectivity index (χ0) is 18.1. The van der Waals surface area contributed by atoms with E-state index in [9.17, 15) is 4.79 Å². The van der Waals surface area contributed by atoms with Crippen molar-refractivity contribution in [2.45, 2.75) is 25.4 Å². The molecule has 0 spiro atoms. The molecule has 3 heterocycles. The van der Waals surface area contributed by atoms with Gasteiger partial charge < -0.3 is 20.3 Å². The van der Waals surface area contributed by atoms with Gasteiger partial charge in [-0.1, -0.05) is 11.6 Å². The van der Waals surface area contributed by atoms with Crippen molar-refractivity contribution in [3.8, 4) is 5.75 Å². The molecule has 1 amide bonds. The van der Waals surface area contributed by atoms with Crippen molar-refractivity contribution < 1.29 is 9.53 Å². The maximum Gasteiger partial charge on any atom is 0.272 e. The molecule has 0 bridgehead atoms. The highest BCUT2D eigenvalue weighted by Crippen LogP contribution is 2.33. The summed E-state index contributed by atoms with van der Waals surface area (Å²) < 4.78 is 5.44. The molecule has 1 aromatic carbocycles. The third-order valence-electron chi connectivity index (χ3n) is 5.03. The first-order chi connectivity index (χ1) is 12.7. The smallest absolute Gasteiger partial charge is 0.272 e. The number of aromatic nitrogens is 2. The third-order valence-corrected chi connectivity index (χ3v) is 5.26. The van der Waals surface area contributed by atoms with Crippen molar-refractivity contribution in [3.63, 3.8) is 0 Å². The molecule has 1 fully saturated rings. The molecule has 1 saturated heterocycles. The van der Waals surface area contributed by atoms with E-state index in [0.29, 0.717) is 23.8 Å². The number of carbonyl (C=O) groups excluding carboxylic acids is 1. The van der Waals surface area contributed by atoms with Crippen LogP contribution in [0.5, 0.6) is 5.75 Å². The Labute approximate surface area is 169 Å². The minimum atomic E-state index is -0.115. The predicted molar refractivity (Wildman–Crippen MR) is 107 cm³/mol. The molecule has 1 aromatic heterocycles. The zero-order valence-electron chi connectivity index (χ0n) is 15.0. The Kier molecular flexibility index (Phi) is 6.14. The normalized spacial score (nSPS) is 18.6. The van der Waals surface area contributed by atoms with Crippen molar-refractivity contribution >= 4 is 35.6 Å². The molecule has 3 N–H and O–H groups in total. The van der Waals surface area contributed by atoms with Gasteiger partial charge in [0.25, 0.3) is 5.91 Å². The molecule has 146 valence electrons. The van der Waals surface area contributed by atoms with Gasteiger partial charge in [-0.3, -0.25) is 9.89 Å². The van der Waals surface area contributed by atoms with E-state index >= 15 is 0 Å². The van der Waals surface area contributed by atoms with Crippen LogP contribution in [0.2, 0.25) is 5.02 Å². The number of nitrogens with one attached hydrogen (secondary N) is 3. The summed E-state index contributed by atoms with van der Waals surface area (Å²) in [4.78, 5) is 14.9. The molecule has 7 nitrogen and oxygen atoms in total. The summed E-state index contributed by atoms with van der Waals surface area (Å²) in [6.07, 6.45) is 1.74. The van der Waals surface area contributed by atoms with Crippen LogP contribution in [0.3, 0.4) is 0 Å². The fourth-order valence-electron chi connectivity index (χ4n) is 3.67. The SMILES string of the molecule is COc1ccc(Cl)cc1N1CCC(NC(=O)c2n[nH]c3c2CNCC3)C1.Cl. The van der Waals surface area contributed by atoms with Crippen molar-refractivity contribution in [2.75, 3.05) is 31.6 Å². The number of halogens is 2. The minimum Gasteiger partial charge on any atom is -0.495 e. The molecule has 4 rings (SSSR count). The number of rotatable bonds is 4. The van der Waals surface area contributed by atoms with Gasteiger partial charge in [-0.25, -0.2) is 0 Å². The Balaban J connectivity index is 0.00000210. The first-order valence-electron chi connectivity index (χ1n) is 8.82. The monoisotopic (exact) mass is 411 g/mol. The molecule has 9 heteroatoms. The first kappa shape index (κ1) is 19.8. The molecule has 0 aliphatic carbocycles. The highest BCUT2D eigenvalue weighted by molar-refractivity contribution is 6.30. The van der Waals surface area contributed by atoms with Crippen LogP contribution in [0.15, 0.2) is 18.2 Å². The molecule has 27 heavy (non-hydrogen) atoms. The maximum absolute atomic E-state index is 12.7. The van der Waals surface area contributed by atoms with Gasteiger partial charge in [0, 0.05) is 54.9 Å². The fraction of sp³-hybridized carbons (Fsp3) is 0.444. The summed E-state index contributed by atoms with van der Waals surface area (Å²) >= 11 is 6.14. The van der Waals surface area contributed by atoms with E-state index in [0.717, 1.165) is 48.6 Å². The minimum absolute atomic E-state index is 0. The first-order valence-corrected chi connectivity index (χ1v) is 9.19. The lowest BCUT2D eigenvalue weighted by Crippen LogP contribution is -2.38. The molecule has 0 radical (unpaired) electrons. The summed E-state index contributed by atoms with van der Waals surface area (Å²) in [7, 11) is 1.65.